The van der Waals surface area contributed by atoms with Gasteiger partial charge in [-0.2, -0.15) is 0 Å². The monoisotopic (exact) mass is 230 g/mol. The Morgan fingerprint density at radius 1 is 1.12 bits per heavy atom. The summed E-state index contributed by atoms with van der Waals surface area (Å²) < 4.78 is 11.2. The maximum Gasteiger partial charge on any atom is 0.334 e. The lowest BCUT2D eigenvalue weighted by molar-refractivity contribution is -0.135. The first-order chi connectivity index (χ1) is 8.22. The molecule has 7 rings (SSSR count). The molecule has 3 heteroatoms. The molecule has 2 heterocycles. The zero-order chi connectivity index (χ0) is 11.0. The topological polar surface area (TPSA) is 38.8 Å². The molecular weight excluding hydrogens is 216 g/mol. The summed E-state index contributed by atoms with van der Waals surface area (Å²) in [4.78, 5) is 11.9. The van der Waals surface area contributed by atoms with Crippen LogP contribution in [0, 0.1) is 22.2 Å². The van der Waals surface area contributed by atoms with Crippen LogP contribution in [0.15, 0.2) is 11.6 Å². The molecule has 17 heavy (non-hydrogen) atoms. The van der Waals surface area contributed by atoms with E-state index >= 15 is 0 Å². The number of rotatable bonds is 0. The van der Waals surface area contributed by atoms with Crippen LogP contribution >= 0.6 is 0 Å². The Morgan fingerprint density at radius 3 is 2.53 bits per heavy atom. The highest BCUT2D eigenvalue weighted by molar-refractivity contribution is 5.95. The summed E-state index contributed by atoms with van der Waals surface area (Å²) in [5.41, 5.74) is 1.96. The number of hydrogen-bond acceptors (Lipinski definition) is 3. The van der Waals surface area contributed by atoms with Crippen molar-refractivity contribution < 1.29 is 14.3 Å². The van der Waals surface area contributed by atoms with Crippen LogP contribution in [0.4, 0.5) is 0 Å². The molecule has 6 atom stereocenters. The molecule has 2 unspecified atom stereocenters. The normalized spacial score (nSPS) is 67.6. The van der Waals surface area contributed by atoms with Gasteiger partial charge in [0.05, 0.1) is 12.2 Å². The van der Waals surface area contributed by atoms with Gasteiger partial charge < -0.3 is 9.47 Å². The van der Waals surface area contributed by atoms with E-state index in [4.69, 9.17) is 9.47 Å². The summed E-state index contributed by atoms with van der Waals surface area (Å²) in [6.45, 7) is 0.670. The summed E-state index contributed by atoms with van der Waals surface area (Å²) in [6.07, 6.45) is 8.24. The van der Waals surface area contributed by atoms with Crippen molar-refractivity contribution in [2.45, 2.75) is 37.9 Å². The molecule has 2 aliphatic heterocycles. The molecule has 3 saturated carbocycles. The van der Waals surface area contributed by atoms with E-state index < -0.39 is 0 Å². The Morgan fingerprint density at radius 2 is 1.82 bits per heavy atom. The maximum absolute atomic E-state index is 11.9. The Hall–Kier alpha value is -0.830. The number of epoxide rings is 1. The van der Waals surface area contributed by atoms with E-state index in [2.05, 4.69) is 6.08 Å². The maximum atomic E-state index is 11.9. The van der Waals surface area contributed by atoms with Gasteiger partial charge in [-0.1, -0.05) is 6.08 Å². The number of cyclic esters (lactones) is 1. The molecule has 0 N–H and O–H groups in total. The number of carbonyl (C=O) groups is 1. The first-order valence-electron chi connectivity index (χ1n) is 6.77. The van der Waals surface area contributed by atoms with Crippen LogP contribution in [-0.2, 0) is 14.3 Å². The Balaban J connectivity index is 1.65. The molecule has 0 aromatic heterocycles. The number of fused-ring (bicyclic) bond motifs is 1. The van der Waals surface area contributed by atoms with Gasteiger partial charge in [-0.25, -0.2) is 4.79 Å². The highest BCUT2D eigenvalue weighted by Crippen LogP contribution is 2.96. The van der Waals surface area contributed by atoms with E-state index in [0.717, 1.165) is 5.57 Å². The predicted octanol–water partition coefficient (Wildman–Crippen LogP) is 1.43. The second kappa shape index (κ2) is 1.89. The predicted molar refractivity (Wildman–Crippen MR) is 57.0 cm³/mol. The minimum Gasteiger partial charge on any atom is -0.461 e. The summed E-state index contributed by atoms with van der Waals surface area (Å²) in [7, 11) is 0. The molecule has 7 aliphatic rings. The van der Waals surface area contributed by atoms with Crippen LogP contribution in [0.5, 0.6) is 0 Å². The van der Waals surface area contributed by atoms with Crippen LogP contribution < -0.4 is 0 Å². The second-order valence-corrected chi connectivity index (χ2v) is 7.02. The first kappa shape index (κ1) is 8.30. The van der Waals surface area contributed by atoms with Crippen molar-refractivity contribution >= 4 is 5.97 Å². The quantitative estimate of drug-likeness (QED) is 0.467. The van der Waals surface area contributed by atoms with Gasteiger partial charge in [0.1, 0.15) is 6.61 Å². The minimum absolute atomic E-state index is 0.0165. The third-order valence-electron chi connectivity index (χ3n) is 7.00. The van der Waals surface area contributed by atoms with E-state index in [1.165, 1.54) is 25.7 Å². The van der Waals surface area contributed by atoms with Crippen molar-refractivity contribution in [2.24, 2.45) is 22.2 Å². The molecule has 0 amide bonds. The van der Waals surface area contributed by atoms with Gasteiger partial charge in [-0.15, -0.1) is 0 Å². The number of ether oxygens (including phenoxy) is 2. The Kier molecular flexibility index (Phi) is 0.922. The Bertz CT molecular complexity index is 510. The number of allylic oxidation sites excluding steroid dienone is 1. The van der Waals surface area contributed by atoms with E-state index in [9.17, 15) is 4.79 Å². The molecule has 88 valence electrons. The molecule has 4 bridgehead atoms. The van der Waals surface area contributed by atoms with Gasteiger partial charge in [0, 0.05) is 11.0 Å². The molecule has 2 saturated heterocycles. The summed E-state index contributed by atoms with van der Waals surface area (Å²) in [6, 6.07) is 0. The summed E-state index contributed by atoms with van der Waals surface area (Å²) in [5, 5.41) is 0. The highest BCUT2D eigenvalue weighted by atomic mass is 16.6. The first-order valence-corrected chi connectivity index (χ1v) is 6.77. The van der Waals surface area contributed by atoms with Crippen LogP contribution in [0.2, 0.25) is 0 Å². The molecule has 3 nitrogen and oxygen atoms in total. The molecule has 3 spiro atoms. The van der Waals surface area contributed by atoms with E-state index in [1.807, 2.05) is 0 Å². The summed E-state index contributed by atoms with van der Waals surface area (Å²) >= 11 is 0. The summed E-state index contributed by atoms with van der Waals surface area (Å²) in [5.74, 6) is 0.632. The standard InChI is InChI=1S/C14H14O3/c15-11-8-1-7-2-12-4-9-10(17-9)5-13(12,3-7)14(8,12)6-16-11/h1,7,9-10H,2-6H2/t7?,9-,10+,12-,13+,14?. The van der Waals surface area contributed by atoms with Crippen LogP contribution in [0.1, 0.15) is 25.7 Å². The lowest BCUT2D eigenvalue weighted by Gasteiger charge is -2.29. The van der Waals surface area contributed by atoms with E-state index in [0.29, 0.717) is 35.6 Å². The van der Waals surface area contributed by atoms with Crippen molar-refractivity contribution in [2.75, 3.05) is 6.61 Å². The largest absolute Gasteiger partial charge is 0.461 e. The molecular formula is C14H14O3. The molecule has 5 fully saturated rings. The third kappa shape index (κ3) is 0.534. The van der Waals surface area contributed by atoms with Gasteiger partial charge in [0.2, 0.25) is 0 Å². The minimum atomic E-state index is -0.0165. The van der Waals surface area contributed by atoms with Gasteiger partial charge >= 0.3 is 5.97 Å². The van der Waals surface area contributed by atoms with Crippen molar-refractivity contribution in [3.8, 4) is 0 Å². The fourth-order valence-corrected chi connectivity index (χ4v) is 6.63. The van der Waals surface area contributed by atoms with Crippen molar-refractivity contribution in [3.05, 3.63) is 11.6 Å². The smallest absolute Gasteiger partial charge is 0.334 e. The van der Waals surface area contributed by atoms with Gasteiger partial charge in [0.15, 0.2) is 0 Å². The average molecular weight is 230 g/mol. The fourth-order valence-electron chi connectivity index (χ4n) is 6.63. The van der Waals surface area contributed by atoms with Gasteiger partial charge in [-0.05, 0) is 42.4 Å². The van der Waals surface area contributed by atoms with Crippen LogP contribution in [0.3, 0.4) is 0 Å². The zero-order valence-corrected chi connectivity index (χ0v) is 9.57. The molecule has 5 aliphatic carbocycles. The SMILES string of the molecule is O=C1OCC23C1=CC1C[C@]24C[C@H]2O[C@H]2C[C@]34C1. The van der Waals surface area contributed by atoms with Crippen LogP contribution in [-0.4, -0.2) is 24.8 Å². The number of carbonyl (C=O) groups excluding carboxylic acids is 1. The van der Waals surface area contributed by atoms with Crippen molar-refractivity contribution in [1.82, 2.24) is 0 Å². The Labute approximate surface area is 99.1 Å². The van der Waals surface area contributed by atoms with Gasteiger partial charge in [0.25, 0.3) is 0 Å². The third-order valence-corrected chi connectivity index (χ3v) is 7.00. The van der Waals surface area contributed by atoms with E-state index in [1.54, 1.807) is 0 Å². The van der Waals surface area contributed by atoms with Gasteiger partial charge in [-0.3, -0.25) is 0 Å². The molecule has 0 aromatic rings. The number of esters is 1. The second-order valence-electron chi connectivity index (χ2n) is 7.02. The molecule has 0 aromatic carbocycles. The van der Waals surface area contributed by atoms with Crippen molar-refractivity contribution in [3.63, 3.8) is 0 Å². The zero-order valence-electron chi connectivity index (χ0n) is 9.57. The lowest BCUT2D eigenvalue weighted by Crippen LogP contribution is -2.27. The molecule has 0 radical (unpaired) electrons. The number of hydrogen-bond donors (Lipinski definition) is 0. The fraction of sp³-hybridized carbons (Fsp3) is 0.786. The average Bonchev–Trinajstić information content (AvgIpc) is 3.03. The van der Waals surface area contributed by atoms with Crippen molar-refractivity contribution in [1.29, 1.82) is 0 Å². The lowest BCUT2D eigenvalue weighted by atomic mass is 9.71. The van der Waals surface area contributed by atoms with E-state index in [-0.39, 0.29) is 11.4 Å². The van der Waals surface area contributed by atoms with Crippen LogP contribution in [0.25, 0.3) is 0 Å². The highest BCUT2D eigenvalue weighted by Gasteiger charge is 2.95.